The number of ketones is 2. The zero-order valence-corrected chi connectivity index (χ0v) is 9.99. The van der Waals surface area contributed by atoms with E-state index in [9.17, 15) is 9.59 Å². The highest BCUT2D eigenvalue weighted by Crippen LogP contribution is 2.58. The molecule has 2 saturated carbocycles. The highest BCUT2D eigenvalue weighted by Gasteiger charge is 2.57. The van der Waals surface area contributed by atoms with E-state index in [0.717, 1.165) is 6.42 Å². The molecule has 2 bridgehead atoms. The van der Waals surface area contributed by atoms with Crippen LogP contribution in [0.15, 0.2) is 0 Å². The van der Waals surface area contributed by atoms with Crippen LogP contribution in [0, 0.1) is 35.5 Å². The standard InChI is InChI=1S/C13H20O2/c1-6-7(2)11-5-10(6)12(8(3)14)13(11)9(4)15/h6-7,10-13H,5H2,1-4H3. The molecule has 0 radical (unpaired) electrons. The predicted octanol–water partition coefficient (Wildman–Crippen LogP) is 2.32. The van der Waals surface area contributed by atoms with Crippen molar-refractivity contribution in [2.24, 2.45) is 35.5 Å². The van der Waals surface area contributed by atoms with Crippen molar-refractivity contribution >= 4 is 11.6 Å². The van der Waals surface area contributed by atoms with Gasteiger partial charge in [0.05, 0.1) is 0 Å². The lowest BCUT2D eigenvalue weighted by molar-refractivity contribution is -0.134. The van der Waals surface area contributed by atoms with Gasteiger partial charge in [-0.25, -0.2) is 0 Å². The Morgan fingerprint density at radius 2 is 1.20 bits per heavy atom. The second-order valence-corrected chi connectivity index (χ2v) is 5.55. The molecule has 2 fully saturated rings. The first-order valence-corrected chi connectivity index (χ1v) is 5.96. The summed E-state index contributed by atoms with van der Waals surface area (Å²) in [4.78, 5) is 23.3. The van der Waals surface area contributed by atoms with Crippen LogP contribution in [0.3, 0.4) is 0 Å². The molecular formula is C13H20O2. The van der Waals surface area contributed by atoms with E-state index in [1.54, 1.807) is 13.8 Å². The van der Waals surface area contributed by atoms with Crippen LogP contribution in [0.1, 0.15) is 34.1 Å². The zero-order chi connectivity index (χ0) is 11.3. The maximum Gasteiger partial charge on any atom is 0.133 e. The van der Waals surface area contributed by atoms with Crippen LogP contribution in [0.25, 0.3) is 0 Å². The quantitative estimate of drug-likeness (QED) is 0.698. The molecule has 2 heteroatoms. The second kappa shape index (κ2) is 3.43. The van der Waals surface area contributed by atoms with Crippen molar-refractivity contribution in [1.29, 1.82) is 0 Å². The average Bonchev–Trinajstić information content (AvgIpc) is 2.64. The fraction of sp³-hybridized carbons (Fsp3) is 0.846. The van der Waals surface area contributed by atoms with Crippen molar-refractivity contribution in [3.05, 3.63) is 0 Å². The minimum absolute atomic E-state index is 0.0266. The van der Waals surface area contributed by atoms with Crippen molar-refractivity contribution < 1.29 is 9.59 Å². The smallest absolute Gasteiger partial charge is 0.133 e. The molecular weight excluding hydrogens is 188 g/mol. The molecule has 0 N–H and O–H groups in total. The van der Waals surface area contributed by atoms with Gasteiger partial charge in [0.25, 0.3) is 0 Å². The minimum Gasteiger partial charge on any atom is -0.300 e. The molecule has 0 saturated heterocycles. The number of Topliss-reactive ketones (excluding diaryl/α,β-unsaturated/α-hetero) is 2. The molecule has 0 amide bonds. The first kappa shape index (κ1) is 10.8. The summed E-state index contributed by atoms with van der Waals surface area (Å²) in [5, 5.41) is 0. The van der Waals surface area contributed by atoms with Gasteiger partial charge >= 0.3 is 0 Å². The summed E-state index contributed by atoms with van der Waals surface area (Å²) in [7, 11) is 0. The fourth-order valence-electron chi connectivity index (χ4n) is 4.11. The summed E-state index contributed by atoms with van der Waals surface area (Å²) in [5.41, 5.74) is 0. The molecule has 6 atom stereocenters. The van der Waals surface area contributed by atoms with Gasteiger partial charge in [0.2, 0.25) is 0 Å². The Morgan fingerprint density at radius 1 is 0.867 bits per heavy atom. The lowest BCUT2D eigenvalue weighted by Crippen LogP contribution is -2.39. The van der Waals surface area contributed by atoms with Gasteiger partial charge in [0.1, 0.15) is 11.6 Å². The highest BCUT2D eigenvalue weighted by molar-refractivity contribution is 5.89. The molecule has 0 spiro atoms. The van der Waals surface area contributed by atoms with Crippen LogP contribution in [0.5, 0.6) is 0 Å². The third-order valence-corrected chi connectivity index (χ3v) is 4.97. The molecule has 2 aliphatic carbocycles. The Balaban J connectivity index is 2.32. The topological polar surface area (TPSA) is 34.1 Å². The predicted molar refractivity (Wildman–Crippen MR) is 58.3 cm³/mol. The summed E-state index contributed by atoms with van der Waals surface area (Å²) >= 11 is 0. The first-order valence-electron chi connectivity index (χ1n) is 5.96. The van der Waals surface area contributed by atoms with E-state index in [1.165, 1.54) is 0 Å². The normalized spacial score (nSPS) is 48.3. The molecule has 6 unspecified atom stereocenters. The largest absolute Gasteiger partial charge is 0.300 e. The molecule has 2 nitrogen and oxygen atoms in total. The molecule has 0 aromatic carbocycles. The summed E-state index contributed by atoms with van der Waals surface area (Å²) in [6.45, 7) is 7.78. The van der Waals surface area contributed by atoms with Gasteiger partial charge in [-0.2, -0.15) is 0 Å². The molecule has 2 aliphatic rings. The zero-order valence-electron chi connectivity index (χ0n) is 9.99. The van der Waals surface area contributed by atoms with Gasteiger partial charge in [-0.05, 0) is 43.9 Å². The molecule has 0 aromatic rings. The first-order chi connectivity index (χ1) is 6.95. The summed E-state index contributed by atoms with van der Waals surface area (Å²) in [6, 6.07) is 0. The molecule has 0 heterocycles. The van der Waals surface area contributed by atoms with E-state index < -0.39 is 0 Å². The van der Waals surface area contributed by atoms with E-state index in [0.29, 0.717) is 23.7 Å². The Labute approximate surface area is 91.4 Å². The SMILES string of the molecule is CC(=O)C1C2CC(C(C)C2C)C1C(C)=O. The van der Waals surface area contributed by atoms with Crippen molar-refractivity contribution in [2.75, 3.05) is 0 Å². The van der Waals surface area contributed by atoms with Crippen LogP contribution in [0.4, 0.5) is 0 Å². The van der Waals surface area contributed by atoms with E-state index in [-0.39, 0.29) is 23.4 Å². The fourth-order valence-corrected chi connectivity index (χ4v) is 4.11. The molecule has 84 valence electrons. The third kappa shape index (κ3) is 1.37. The van der Waals surface area contributed by atoms with Crippen LogP contribution in [-0.4, -0.2) is 11.6 Å². The number of fused-ring (bicyclic) bond motifs is 2. The Hall–Kier alpha value is -0.660. The van der Waals surface area contributed by atoms with Gasteiger partial charge in [0.15, 0.2) is 0 Å². The second-order valence-electron chi connectivity index (χ2n) is 5.55. The summed E-state index contributed by atoms with van der Waals surface area (Å²) < 4.78 is 0. The van der Waals surface area contributed by atoms with Crippen molar-refractivity contribution in [3.8, 4) is 0 Å². The van der Waals surface area contributed by atoms with Crippen molar-refractivity contribution in [3.63, 3.8) is 0 Å². The van der Waals surface area contributed by atoms with Crippen LogP contribution < -0.4 is 0 Å². The minimum atomic E-state index is 0.0266. The maximum absolute atomic E-state index is 11.7. The number of carbonyl (C=O) groups is 2. The Kier molecular flexibility index (Phi) is 2.48. The van der Waals surface area contributed by atoms with Crippen LogP contribution in [-0.2, 0) is 9.59 Å². The van der Waals surface area contributed by atoms with Crippen molar-refractivity contribution in [1.82, 2.24) is 0 Å². The lowest BCUT2D eigenvalue weighted by atomic mass is 9.67. The summed E-state index contributed by atoms with van der Waals surface area (Å²) in [5.74, 6) is 2.66. The molecule has 2 rings (SSSR count). The number of hydrogen-bond acceptors (Lipinski definition) is 2. The molecule has 15 heavy (non-hydrogen) atoms. The average molecular weight is 208 g/mol. The van der Waals surface area contributed by atoms with E-state index in [2.05, 4.69) is 13.8 Å². The Bertz CT molecular complexity index is 278. The van der Waals surface area contributed by atoms with Gasteiger partial charge in [-0.15, -0.1) is 0 Å². The molecule has 0 aromatic heterocycles. The van der Waals surface area contributed by atoms with Gasteiger partial charge in [-0.3, -0.25) is 9.59 Å². The summed E-state index contributed by atoms with van der Waals surface area (Å²) in [6.07, 6.45) is 1.09. The number of rotatable bonds is 2. The van der Waals surface area contributed by atoms with E-state index in [4.69, 9.17) is 0 Å². The highest BCUT2D eigenvalue weighted by atomic mass is 16.1. The monoisotopic (exact) mass is 208 g/mol. The van der Waals surface area contributed by atoms with Gasteiger partial charge in [0, 0.05) is 11.8 Å². The number of hydrogen-bond donors (Lipinski definition) is 0. The maximum atomic E-state index is 11.7. The Morgan fingerprint density at radius 3 is 1.47 bits per heavy atom. The van der Waals surface area contributed by atoms with Gasteiger partial charge in [-0.1, -0.05) is 13.8 Å². The van der Waals surface area contributed by atoms with Crippen LogP contribution >= 0.6 is 0 Å². The van der Waals surface area contributed by atoms with Crippen molar-refractivity contribution in [2.45, 2.75) is 34.1 Å². The van der Waals surface area contributed by atoms with E-state index >= 15 is 0 Å². The van der Waals surface area contributed by atoms with Crippen LogP contribution in [0.2, 0.25) is 0 Å². The van der Waals surface area contributed by atoms with E-state index in [1.807, 2.05) is 0 Å². The third-order valence-electron chi connectivity index (χ3n) is 4.97. The lowest BCUT2D eigenvalue weighted by Gasteiger charge is -2.35. The van der Waals surface area contributed by atoms with Gasteiger partial charge < -0.3 is 0 Å². The number of carbonyl (C=O) groups excluding carboxylic acids is 2. The molecule has 0 aliphatic heterocycles.